The first kappa shape index (κ1) is 13.6. The van der Waals surface area contributed by atoms with Gasteiger partial charge in [0, 0.05) is 18.1 Å². The second-order valence-electron chi connectivity index (χ2n) is 4.74. The van der Waals surface area contributed by atoms with Gasteiger partial charge < -0.3 is 11.1 Å². The summed E-state index contributed by atoms with van der Waals surface area (Å²) in [5.74, 6) is 0.621. The van der Waals surface area contributed by atoms with Gasteiger partial charge in [-0.05, 0) is 30.2 Å². The van der Waals surface area contributed by atoms with Crippen molar-refractivity contribution in [2.24, 2.45) is 0 Å². The average Bonchev–Trinajstić information content (AvgIpc) is 2.51. The lowest BCUT2D eigenvalue weighted by Crippen LogP contribution is -2.09. The van der Waals surface area contributed by atoms with Crippen LogP contribution in [0.15, 0.2) is 48.7 Å². The molecule has 0 aliphatic heterocycles. The Morgan fingerprint density at radius 1 is 1.10 bits per heavy atom. The Kier molecular flexibility index (Phi) is 3.88. The van der Waals surface area contributed by atoms with Gasteiger partial charge in [0.05, 0.1) is 11.2 Å². The number of nitrogens with zero attached hydrogens (tertiary/aromatic N) is 2. The van der Waals surface area contributed by atoms with Crippen molar-refractivity contribution in [1.82, 2.24) is 9.97 Å². The molecule has 0 saturated carbocycles. The Balaban J connectivity index is 1.74. The van der Waals surface area contributed by atoms with Gasteiger partial charge in [0.15, 0.2) is 5.82 Å². The Hall–Kier alpha value is -2.33. The van der Waals surface area contributed by atoms with Crippen molar-refractivity contribution in [3.8, 4) is 0 Å². The fourth-order valence-corrected chi connectivity index (χ4v) is 2.42. The SMILES string of the molecule is Nc1ccc(Cl)nc1NCCc1cccc2cccnc12. The lowest BCUT2D eigenvalue weighted by Gasteiger charge is -2.09. The lowest BCUT2D eigenvalue weighted by molar-refractivity contribution is 1.01. The number of para-hydroxylation sites is 1. The van der Waals surface area contributed by atoms with Gasteiger partial charge in [0.1, 0.15) is 5.15 Å². The number of benzene rings is 1. The van der Waals surface area contributed by atoms with Crippen LogP contribution in [-0.2, 0) is 6.42 Å². The predicted molar refractivity (Wildman–Crippen MR) is 87.6 cm³/mol. The van der Waals surface area contributed by atoms with Crippen molar-refractivity contribution in [1.29, 1.82) is 0 Å². The Morgan fingerprint density at radius 3 is 2.86 bits per heavy atom. The number of nitrogens with two attached hydrogens (primary N) is 1. The van der Waals surface area contributed by atoms with Crippen LogP contribution >= 0.6 is 11.6 Å². The first-order chi connectivity index (χ1) is 10.2. The summed E-state index contributed by atoms with van der Waals surface area (Å²) in [7, 11) is 0. The second kappa shape index (κ2) is 5.97. The zero-order valence-corrected chi connectivity index (χ0v) is 12.1. The maximum atomic E-state index is 5.87. The maximum absolute atomic E-state index is 5.87. The number of aromatic nitrogens is 2. The molecule has 0 fully saturated rings. The number of halogens is 1. The molecule has 0 aliphatic rings. The van der Waals surface area contributed by atoms with Crippen LogP contribution in [0, 0.1) is 0 Å². The highest BCUT2D eigenvalue weighted by Gasteiger charge is 2.04. The number of anilines is 2. The van der Waals surface area contributed by atoms with Crippen molar-refractivity contribution in [3.63, 3.8) is 0 Å². The number of hydrogen-bond acceptors (Lipinski definition) is 4. The largest absolute Gasteiger partial charge is 0.396 e. The second-order valence-corrected chi connectivity index (χ2v) is 5.13. The van der Waals surface area contributed by atoms with Crippen molar-refractivity contribution in [2.75, 3.05) is 17.6 Å². The summed E-state index contributed by atoms with van der Waals surface area (Å²) in [6, 6.07) is 13.6. The van der Waals surface area contributed by atoms with E-state index in [-0.39, 0.29) is 0 Å². The van der Waals surface area contributed by atoms with Crippen LogP contribution in [0.3, 0.4) is 0 Å². The van der Waals surface area contributed by atoms with Crippen LogP contribution in [0.4, 0.5) is 11.5 Å². The summed E-state index contributed by atoms with van der Waals surface area (Å²) >= 11 is 5.87. The lowest BCUT2D eigenvalue weighted by atomic mass is 10.1. The molecule has 0 unspecified atom stereocenters. The number of hydrogen-bond donors (Lipinski definition) is 2. The quantitative estimate of drug-likeness (QED) is 0.723. The third-order valence-corrected chi connectivity index (χ3v) is 3.51. The molecule has 3 rings (SSSR count). The minimum absolute atomic E-state index is 0.429. The van der Waals surface area contributed by atoms with Crippen LogP contribution in [0.5, 0.6) is 0 Å². The van der Waals surface area contributed by atoms with E-state index in [0.29, 0.717) is 23.2 Å². The molecule has 106 valence electrons. The number of pyridine rings is 2. The molecule has 4 nitrogen and oxygen atoms in total. The summed E-state index contributed by atoms with van der Waals surface area (Å²) in [5, 5.41) is 4.80. The number of nitrogens with one attached hydrogen (secondary N) is 1. The van der Waals surface area contributed by atoms with Crippen LogP contribution < -0.4 is 11.1 Å². The van der Waals surface area contributed by atoms with E-state index in [2.05, 4.69) is 33.5 Å². The maximum Gasteiger partial charge on any atom is 0.150 e. The summed E-state index contributed by atoms with van der Waals surface area (Å²) < 4.78 is 0. The molecule has 3 aromatic rings. The van der Waals surface area contributed by atoms with E-state index in [4.69, 9.17) is 17.3 Å². The van der Waals surface area contributed by atoms with Crippen molar-refractivity contribution in [2.45, 2.75) is 6.42 Å². The predicted octanol–water partition coefficient (Wildman–Crippen LogP) is 3.52. The third kappa shape index (κ3) is 3.06. The molecule has 0 spiro atoms. The highest BCUT2D eigenvalue weighted by atomic mass is 35.5. The Morgan fingerprint density at radius 2 is 1.95 bits per heavy atom. The molecule has 2 aromatic heterocycles. The summed E-state index contributed by atoms with van der Waals surface area (Å²) in [6.45, 7) is 0.716. The minimum Gasteiger partial charge on any atom is -0.396 e. The summed E-state index contributed by atoms with van der Waals surface area (Å²) in [4.78, 5) is 8.63. The molecule has 0 saturated heterocycles. The summed E-state index contributed by atoms with van der Waals surface area (Å²) in [5.41, 5.74) is 8.69. The normalized spacial score (nSPS) is 10.7. The van der Waals surface area contributed by atoms with Crippen LogP contribution in [-0.4, -0.2) is 16.5 Å². The molecular weight excluding hydrogens is 284 g/mol. The van der Waals surface area contributed by atoms with Crippen LogP contribution in [0.25, 0.3) is 10.9 Å². The molecule has 5 heteroatoms. The molecule has 1 aromatic carbocycles. The van der Waals surface area contributed by atoms with E-state index in [1.165, 1.54) is 5.56 Å². The zero-order valence-electron chi connectivity index (χ0n) is 11.4. The first-order valence-corrected chi connectivity index (χ1v) is 7.10. The van der Waals surface area contributed by atoms with Crippen molar-refractivity contribution in [3.05, 3.63) is 59.4 Å². The van der Waals surface area contributed by atoms with E-state index in [1.807, 2.05) is 18.3 Å². The van der Waals surface area contributed by atoms with Gasteiger partial charge in [-0.2, -0.15) is 0 Å². The molecule has 0 atom stereocenters. The van der Waals surface area contributed by atoms with Crippen LogP contribution in [0.2, 0.25) is 5.15 Å². The third-order valence-electron chi connectivity index (χ3n) is 3.30. The van der Waals surface area contributed by atoms with Gasteiger partial charge in [-0.3, -0.25) is 4.98 Å². The molecule has 0 radical (unpaired) electrons. The van der Waals surface area contributed by atoms with Crippen LogP contribution in [0.1, 0.15) is 5.56 Å². The van der Waals surface area contributed by atoms with E-state index >= 15 is 0 Å². The molecule has 3 N–H and O–H groups in total. The minimum atomic E-state index is 0.429. The van der Waals surface area contributed by atoms with Gasteiger partial charge in [-0.1, -0.05) is 35.9 Å². The molecule has 0 bridgehead atoms. The average molecular weight is 299 g/mol. The standard InChI is InChI=1S/C16H15ClN4/c17-14-7-6-13(18)16(21-14)20-10-8-12-4-1-3-11-5-2-9-19-15(11)12/h1-7,9H,8,10,18H2,(H,20,21). The number of rotatable bonds is 4. The molecule has 0 aliphatic carbocycles. The van der Waals surface area contributed by atoms with Crippen molar-refractivity contribution < 1.29 is 0 Å². The smallest absolute Gasteiger partial charge is 0.150 e. The van der Waals surface area contributed by atoms with E-state index in [9.17, 15) is 0 Å². The zero-order chi connectivity index (χ0) is 14.7. The van der Waals surface area contributed by atoms with E-state index in [0.717, 1.165) is 17.3 Å². The van der Waals surface area contributed by atoms with Gasteiger partial charge >= 0.3 is 0 Å². The number of nitrogen functional groups attached to an aromatic ring is 1. The highest BCUT2D eigenvalue weighted by Crippen LogP contribution is 2.19. The van der Waals surface area contributed by atoms with Gasteiger partial charge in [-0.25, -0.2) is 4.98 Å². The van der Waals surface area contributed by atoms with Crippen molar-refractivity contribution >= 4 is 34.0 Å². The van der Waals surface area contributed by atoms with E-state index < -0.39 is 0 Å². The highest BCUT2D eigenvalue weighted by molar-refractivity contribution is 6.29. The Labute approximate surface area is 128 Å². The fourth-order valence-electron chi connectivity index (χ4n) is 2.27. The van der Waals surface area contributed by atoms with Gasteiger partial charge in [0.25, 0.3) is 0 Å². The number of fused-ring (bicyclic) bond motifs is 1. The van der Waals surface area contributed by atoms with Gasteiger partial charge in [-0.15, -0.1) is 0 Å². The first-order valence-electron chi connectivity index (χ1n) is 6.72. The topological polar surface area (TPSA) is 63.8 Å². The Bertz CT molecular complexity index is 768. The molecule has 0 amide bonds. The fraction of sp³-hybridized carbons (Fsp3) is 0.125. The van der Waals surface area contributed by atoms with E-state index in [1.54, 1.807) is 12.1 Å². The summed E-state index contributed by atoms with van der Waals surface area (Å²) in [6.07, 6.45) is 2.65. The molecular formula is C16H15ClN4. The molecule has 2 heterocycles. The van der Waals surface area contributed by atoms with Gasteiger partial charge in [0.2, 0.25) is 0 Å². The molecule has 21 heavy (non-hydrogen) atoms. The monoisotopic (exact) mass is 298 g/mol.